The van der Waals surface area contributed by atoms with Crippen molar-refractivity contribution in [1.29, 1.82) is 5.26 Å². The molecule has 1 atom stereocenters. The summed E-state index contributed by atoms with van der Waals surface area (Å²) < 4.78 is 5.82. The molecule has 2 N–H and O–H groups in total. The van der Waals surface area contributed by atoms with E-state index in [4.69, 9.17) is 4.74 Å². The predicted molar refractivity (Wildman–Crippen MR) is 185 cm³/mol. The Balaban J connectivity index is 1.43. The number of hydrogen-bond donors (Lipinski definition) is 2. The van der Waals surface area contributed by atoms with E-state index in [2.05, 4.69) is 33.3 Å². The minimum absolute atomic E-state index is 0.0869. The van der Waals surface area contributed by atoms with Gasteiger partial charge < -0.3 is 15.0 Å². The Labute approximate surface area is 279 Å². The van der Waals surface area contributed by atoms with Crippen molar-refractivity contribution in [2.45, 2.75) is 46.3 Å². The maximum absolute atomic E-state index is 13.7. The molecule has 4 aromatic carbocycles. The van der Waals surface area contributed by atoms with E-state index in [1.165, 1.54) is 0 Å². The zero-order valence-electron chi connectivity index (χ0n) is 27.1. The van der Waals surface area contributed by atoms with Gasteiger partial charge in [-0.2, -0.15) is 5.26 Å². The topological polar surface area (TPSA) is 121 Å². The molecule has 8 nitrogen and oxygen atoms in total. The second-order valence-corrected chi connectivity index (χ2v) is 11.8. The Morgan fingerprint density at radius 3 is 2.50 bits per heavy atom. The normalized spacial score (nSPS) is 11.5. The largest absolute Gasteiger partial charge is 0.457 e. The molecule has 6 rings (SSSR count). The molecular formula is C40H35N5O3. The van der Waals surface area contributed by atoms with E-state index < -0.39 is 5.97 Å². The first-order valence-corrected chi connectivity index (χ1v) is 15.9. The van der Waals surface area contributed by atoms with E-state index >= 15 is 0 Å². The van der Waals surface area contributed by atoms with Crippen LogP contribution in [-0.2, 0) is 17.9 Å². The SMILES string of the molecule is CCC(c1ccc(C(=O)NCc2cnc(C)cn2)cc1-c1ccc(C)cc1C(=O)OCc1ccccc1)c1c[nH]c2cc(C#N)ccc12. The van der Waals surface area contributed by atoms with Crippen LogP contribution >= 0.6 is 0 Å². The first-order chi connectivity index (χ1) is 23.3. The molecule has 2 heterocycles. The van der Waals surface area contributed by atoms with Gasteiger partial charge in [-0.25, -0.2) is 4.79 Å². The molecule has 0 bridgehead atoms. The molecule has 0 aliphatic carbocycles. The second kappa shape index (κ2) is 14.1. The average molecular weight is 634 g/mol. The quantitative estimate of drug-likeness (QED) is 0.148. The molecule has 8 heteroatoms. The summed E-state index contributed by atoms with van der Waals surface area (Å²) in [5, 5.41) is 13.4. The molecule has 1 amide bonds. The first kappa shape index (κ1) is 31.9. The lowest BCUT2D eigenvalue weighted by Gasteiger charge is -2.22. The number of aryl methyl sites for hydroxylation is 2. The van der Waals surface area contributed by atoms with Gasteiger partial charge in [0.05, 0.1) is 41.3 Å². The first-order valence-electron chi connectivity index (χ1n) is 15.9. The van der Waals surface area contributed by atoms with Gasteiger partial charge in [-0.1, -0.05) is 67.1 Å². The zero-order valence-corrected chi connectivity index (χ0v) is 27.1. The van der Waals surface area contributed by atoms with Crippen molar-refractivity contribution in [3.05, 3.63) is 154 Å². The number of rotatable bonds is 10. The third kappa shape index (κ3) is 6.86. The van der Waals surface area contributed by atoms with Crippen LogP contribution < -0.4 is 5.32 Å². The van der Waals surface area contributed by atoms with Crippen LogP contribution in [0.2, 0.25) is 0 Å². The number of benzene rings is 4. The maximum Gasteiger partial charge on any atom is 0.339 e. The monoisotopic (exact) mass is 633 g/mol. The highest BCUT2D eigenvalue weighted by atomic mass is 16.5. The van der Waals surface area contributed by atoms with Gasteiger partial charge >= 0.3 is 5.97 Å². The number of amides is 1. The molecule has 2 aromatic heterocycles. The molecule has 0 aliphatic heterocycles. The van der Waals surface area contributed by atoms with Crippen molar-refractivity contribution in [3.63, 3.8) is 0 Å². The van der Waals surface area contributed by atoms with Gasteiger partial charge in [0.15, 0.2) is 0 Å². The van der Waals surface area contributed by atoms with Crippen molar-refractivity contribution in [3.8, 4) is 17.2 Å². The minimum Gasteiger partial charge on any atom is -0.457 e. The highest BCUT2D eigenvalue weighted by Crippen LogP contribution is 2.40. The summed E-state index contributed by atoms with van der Waals surface area (Å²) in [4.78, 5) is 39.2. The van der Waals surface area contributed by atoms with Crippen LogP contribution in [0, 0.1) is 25.2 Å². The van der Waals surface area contributed by atoms with Crippen LogP contribution in [0.3, 0.4) is 0 Å². The summed E-state index contributed by atoms with van der Waals surface area (Å²) in [5.74, 6) is -0.800. The summed E-state index contributed by atoms with van der Waals surface area (Å²) in [6, 6.07) is 28.8. The highest BCUT2D eigenvalue weighted by Gasteiger charge is 2.25. The zero-order chi connectivity index (χ0) is 33.6. The van der Waals surface area contributed by atoms with Gasteiger partial charge in [0.2, 0.25) is 0 Å². The molecule has 0 radical (unpaired) electrons. The van der Waals surface area contributed by atoms with Crippen LogP contribution in [0.15, 0.2) is 104 Å². The van der Waals surface area contributed by atoms with Gasteiger partial charge in [0.1, 0.15) is 6.61 Å². The van der Waals surface area contributed by atoms with E-state index in [1.54, 1.807) is 12.4 Å². The highest BCUT2D eigenvalue weighted by molar-refractivity contribution is 6.00. The molecule has 48 heavy (non-hydrogen) atoms. The van der Waals surface area contributed by atoms with E-state index in [0.717, 1.165) is 50.8 Å². The molecular weight excluding hydrogens is 598 g/mol. The second-order valence-electron chi connectivity index (χ2n) is 11.8. The maximum atomic E-state index is 13.7. The predicted octanol–water partition coefficient (Wildman–Crippen LogP) is 7.94. The Morgan fingerprint density at radius 1 is 0.917 bits per heavy atom. The Kier molecular flexibility index (Phi) is 9.40. The standard InChI is InChI=1S/C40H35N5O3/c1-4-31(37-23-44-38-17-28(19-41)11-14-34(37)38)32-15-12-29(39(46)45-22-30-21-42-26(3)20-43-30)18-35(32)33-13-10-25(2)16-36(33)40(47)48-24-27-8-6-5-7-9-27/h5-18,20-21,23,31,44H,4,22,24H2,1-3H3,(H,45,46). The molecule has 0 aliphatic rings. The number of nitriles is 1. The van der Waals surface area contributed by atoms with Crippen molar-refractivity contribution in [1.82, 2.24) is 20.3 Å². The third-order valence-electron chi connectivity index (χ3n) is 8.48. The van der Waals surface area contributed by atoms with Gasteiger partial charge in [-0.3, -0.25) is 14.8 Å². The number of nitrogens with one attached hydrogen (secondary N) is 2. The molecule has 0 fully saturated rings. The number of nitrogens with zero attached hydrogens (tertiary/aromatic N) is 3. The molecule has 238 valence electrons. The van der Waals surface area contributed by atoms with Gasteiger partial charge in [-0.15, -0.1) is 0 Å². The van der Waals surface area contributed by atoms with E-state index in [9.17, 15) is 14.9 Å². The van der Waals surface area contributed by atoms with Gasteiger partial charge in [0.25, 0.3) is 5.91 Å². The number of hydrogen-bond acceptors (Lipinski definition) is 6. The van der Waals surface area contributed by atoms with E-state index in [-0.39, 0.29) is 25.0 Å². The lowest BCUT2D eigenvalue weighted by molar-refractivity contribution is 0.0473. The smallest absolute Gasteiger partial charge is 0.339 e. The number of esters is 1. The summed E-state index contributed by atoms with van der Waals surface area (Å²) in [6.07, 6.45) is 6.05. The molecule has 1 unspecified atom stereocenters. The van der Waals surface area contributed by atoms with Gasteiger partial charge in [0, 0.05) is 34.8 Å². The minimum atomic E-state index is -0.444. The fraction of sp³-hybridized carbons (Fsp3) is 0.175. The Bertz CT molecular complexity index is 2150. The summed E-state index contributed by atoms with van der Waals surface area (Å²) in [6.45, 7) is 6.28. The number of ether oxygens (including phenoxy) is 1. The summed E-state index contributed by atoms with van der Waals surface area (Å²) >= 11 is 0. The molecule has 0 saturated heterocycles. The van der Waals surface area contributed by atoms with Crippen LogP contribution in [-0.4, -0.2) is 26.8 Å². The summed E-state index contributed by atoms with van der Waals surface area (Å²) in [7, 11) is 0. The molecule has 0 spiro atoms. The van der Waals surface area contributed by atoms with Crippen molar-refractivity contribution in [2.75, 3.05) is 0 Å². The van der Waals surface area contributed by atoms with Crippen LogP contribution in [0.5, 0.6) is 0 Å². The van der Waals surface area contributed by atoms with Crippen LogP contribution in [0.1, 0.15) is 79.2 Å². The van der Waals surface area contributed by atoms with Crippen LogP contribution in [0.25, 0.3) is 22.0 Å². The Morgan fingerprint density at radius 2 is 1.75 bits per heavy atom. The van der Waals surface area contributed by atoms with Crippen molar-refractivity contribution in [2.24, 2.45) is 0 Å². The lowest BCUT2D eigenvalue weighted by Crippen LogP contribution is -2.23. The fourth-order valence-corrected chi connectivity index (χ4v) is 5.99. The third-order valence-corrected chi connectivity index (χ3v) is 8.48. The number of aromatic nitrogens is 3. The number of carbonyl (C=O) groups is 2. The van der Waals surface area contributed by atoms with E-state index in [0.29, 0.717) is 27.9 Å². The number of carbonyl (C=O) groups excluding carboxylic acids is 2. The molecule has 6 aromatic rings. The number of H-pyrrole nitrogens is 1. The summed E-state index contributed by atoms with van der Waals surface area (Å²) in [5.41, 5.74) is 9.05. The number of fused-ring (bicyclic) bond motifs is 1. The van der Waals surface area contributed by atoms with Crippen molar-refractivity contribution < 1.29 is 14.3 Å². The molecule has 0 saturated carbocycles. The number of aromatic amines is 1. The van der Waals surface area contributed by atoms with E-state index in [1.807, 2.05) is 105 Å². The Hall–Kier alpha value is -6.07. The average Bonchev–Trinajstić information content (AvgIpc) is 3.54. The van der Waals surface area contributed by atoms with Crippen molar-refractivity contribution >= 4 is 22.8 Å². The lowest BCUT2D eigenvalue weighted by atomic mass is 9.82. The van der Waals surface area contributed by atoms with Crippen LogP contribution in [0.4, 0.5) is 0 Å². The van der Waals surface area contributed by atoms with Gasteiger partial charge in [-0.05, 0) is 78.4 Å². The fourth-order valence-electron chi connectivity index (χ4n) is 5.99.